The number of unbranched alkanes of at least 4 members (excludes halogenated alkanes) is 3. The van der Waals surface area contributed by atoms with Crippen LogP contribution in [0.1, 0.15) is 132 Å². The van der Waals surface area contributed by atoms with E-state index in [1.807, 2.05) is 36.4 Å². The average Bonchev–Trinajstić information content (AvgIpc) is 3.90. The smallest absolute Gasteiger partial charge is 0.245 e. The maximum atomic E-state index is 15.1. The van der Waals surface area contributed by atoms with Crippen molar-refractivity contribution in [3.63, 3.8) is 0 Å². The van der Waals surface area contributed by atoms with Crippen LogP contribution < -0.4 is 26.6 Å². The van der Waals surface area contributed by atoms with E-state index < -0.39 is 72.2 Å². The number of aryl methyl sites for hydroxylation is 2. The van der Waals surface area contributed by atoms with Crippen LogP contribution in [0.2, 0.25) is 0 Å². The Bertz CT molecular complexity index is 1830. The zero-order valence-corrected chi connectivity index (χ0v) is 38.0. The minimum Gasteiger partial charge on any atom is -0.347 e. The number of hydrogen-bond acceptors (Lipinski definition) is 8. The monoisotopic (exact) mass is 890 g/mol. The van der Waals surface area contributed by atoms with E-state index in [0.717, 1.165) is 55.2 Å². The first-order chi connectivity index (χ1) is 30.8. The van der Waals surface area contributed by atoms with Crippen LogP contribution >= 0.6 is 0 Å². The summed E-state index contributed by atoms with van der Waals surface area (Å²) in [6.07, 6.45) is 5.27. The Morgan fingerprint density at radius 2 is 1.14 bits per heavy atom. The maximum Gasteiger partial charge on any atom is 0.245 e. The molecule has 13 nitrogen and oxygen atoms in total. The molecule has 5 amide bonds. The molecule has 64 heavy (non-hydrogen) atoms. The lowest BCUT2D eigenvalue weighted by atomic mass is 9.79. The van der Waals surface area contributed by atoms with Gasteiger partial charge in [0.15, 0.2) is 5.78 Å². The van der Waals surface area contributed by atoms with E-state index in [1.165, 1.54) is 15.4 Å². The lowest BCUT2D eigenvalue weighted by Gasteiger charge is -2.31. The number of nitrogens with zero attached hydrogens (tertiary/aromatic N) is 2. The van der Waals surface area contributed by atoms with Crippen molar-refractivity contribution in [3.8, 4) is 0 Å². The number of hydrogen-bond donors (Lipinski definition) is 5. The second kappa shape index (κ2) is 22.9. The summed E-state index contributed by atoms with van der Waals surface area (Å²) in [7, 11) is 3.27. The summed E-state index contributed by atoms with van der Waals surface area (Å²) in [6, 6.07) is 10.7. The molecule has 0 bridgehead atoms. The van der Waals surface area contributed by atoms with Crippen LogP contribution in [-0.2, 0) is 41.6 Å². The molecule has 2 aliphatic carbocycles. The van der Waals surface area contributed by atoms with Gasteiger partial charge in [-0.25, -0.2) is 8.78 Å². The minimum absolute atomic E-state index is 0.0110. The van der Waals surface area contributed by atoms with Crippen LogP contribution in [0.3, 0.4) is 0 Å². The lowest BCUT2D eigenvalue weighted by molar-refractivity contribution is -0.142. The third kappa shape index (κ3) is 12.1. The van der Waals surface area contributed by atoms with E-state index in [0.29, 0.717) is 25.7 Å². The number of likely N-dealkylation sites (N-methyl/N-ethyl adjacent to an activating group) is 2. The zero-order chi connectivity index (χ0) is 45.9. The average molecular weight is 890 g/mol. The van der Waals surface area contributed by atoms with Gasteiger partial charge in [-0.2, -0.15) is 0 Å². The molecule has 350 valence electrons. The van der Waals surface area contributed by atoms with Crippen molar-refractivity contribution in [2.45, 2.75) is 171 Å². The van der Waals surface area contributed by atoms with E-state index in [1.54, 1.807) is 27.9 Å². The molecule has 0 spiro atoms. The highest BCUT2D eigenvalue weighted by Gasteiger charge is 2.44. The van der Waals surface area contributed by atoms with Gasteiger partial charge in [-0.3, -0.25) is 28.8 Å². The number of fused-ring (bicyclic) bond motifs is 2. The Hall–Kier alpha value is -4.76. The molecule has 2 aromatic carbocycles. The minimum atomic E-state index is -1.39. The topological polar surface area (TPSA) is 169 Å². The van der Waals surface area contributed by atoms with Gasteiger partial charge in [0, 0.05) is 19.3 Å². The molecule has 2 saturated heterocycles. The molecule has 0 unspecified atom stereocenters. The van der Waals surface area contributed by atoms with Crippen molar-refractivity contribution in [2.24, 2.45) is 0 Å². The third-order valence-corrected chi connectivity index (χ3v) is 14.0. The summed E-state index contributed by atoms with van der Waals surface area (Å²) in [5.41, 5.74) is 4.57. The number of Topliss-reactive ketones (excluding diaryl/α,β-unsaturated/α-hetero) is 1. The Morgan fingerprint density at radius 3 is 1.70 bits per heavy atom. The summed E-state index contributed by atoms with van der Waals surface area (Å²) in [4.78, 5) is 84.9. The molecule has 2 fully saturated rings. The molecule has 6 rings (SSSR count). The highest BCUT2D eigenvalue weighted by Crippen LogP contribution is 2.36. The summed E-state index contributed by atoms with van der Waals surface area (Å²) >= 11 is 0. The normalized spacial score (nSPS) is 24.7. The van der Waals surface area contributed by atoms with Crippen LogP contribution in [0.25, 0.3) is 0 Å². The number of carbonyl (C=O) groups excluding carboxylic acids is 6. The van der Waals surface area contributed by atoms with Crippen LogP contribution in [0.15, 0.2) is 48.5 Å². The summed E-state index contributed by atoms with van der Waals surface area (Å²) in [6.45, 7) is 2.88. The van der Waals surface area contributed by atoms with Gasteiger partial charge in [-0.05, 0) is 107 Å². The van der Waals surface area contributed by atoms with Crippen LogP contribution in [0.4, 0.5) is 8.78 Å². The molecule has 2 aromatic rings. The Kier molecular flexibility index (Phi) is 17.4. The third-order valence-electron chi connectivity index (χ3n) is 14.0. The molecule has 10 atom stereocenters. The van der Waals surface area contributed by atoms with Crippen molar-refractivity contribution in [1.82, 2.24) is 36.4 Å². The number of likely N-dealkylation sites (tertiary alicyclic amines) is 2. The van der Waals surface area contributed by atoms with E-state index in [4.69, 9.17) is 0 Å². The quantitative estimate of drug-likeness (QED) is 0.120. The predicted octanol–water partition coefficient (Wildman–Crippen LogP) is 4.66. The van der Waals surface area contributed by atoms with Gasteiger partial charge in [-0.15, -0.1) is 0 Å². The highest BCUT2D eigenvalue weighted by atomic mass is 19.1. The number of rotatable bonds is 20. The second-order valence-electron chi connectivity index (χ2n) is 18.4. The molecular weight excluding hydrogens is 821 g/mol. The van der Waals surface area contributed by atoms with E-state index in [-0.39, 0.29) is 68.8 Å². The van der Waals surface area contributed by atoms with Crippen molar-refractivity contribution in [3.05, 3.63) is 70.8 Å². The molecule has 0 aromatic heterocycles. The maximum absolute atomic E-state index is 15.1. The molecule has 2 heterocycles. The van der Waals surface area contributed by atoms with Gasteiger partial charge in [0.25, 0.3) is 0 Å². The highest BCUT2D eigenvalue weighted by molar-refractivity contribution is 5.95. The zero-order valence-electron chi connectivity index (χ0n) is 38.0. The van der Waals surface area contributed by atoms with Gasteiger partial charge in [0.05, 0.1) is 37.3 Å². The Balaban J connectivity index is 1.07. The van der Waals surface area contributed by atoms with Crippen molar-refractivity contribution < 1.29 is 37.5 Å². The molecular formula is C49H69F2N7O6. The first kappa shape index (κ1) is 48.7. The van der Waals surface area contributed by atoms with Crippen molar-refractivity contribution >= 4 is 35.3 Å². The van der Waals surface area contributed by atoms with Crippen LogP contribution in [0.5, 0.6) is 0 Å². The standard InChI is InChI=1S/C49H69F2N7O6/c1-30(52-3)45(60)55-40(48(63)57-28-35(50)26-42(57)44(59)25-34-19-13-17-32-15-9-11-20-37(32)34)22-7-5-6-8-23-41(56-46(61)31(2)53-4)49(64)58-29-36(51)27-43(58)47(62)54-39-24-14-18-33-16-10-12-21-38(33)39/h9-12,15-16,20-21,30-31,34-36,39-43,52-53H,5-8,13-14,17-19,22-29H2,1-4H3,(H,54,62)(H,55,60)(H,56,61)/t30-,31-,34-,35-,36-,39+,40-,41-,42-,43-/m0/s1. The molecule has 4 aliphatic rings. The lowest BCUT2D eigenvalue weighted by Crippen LogP contribution is -2.55. The number of amides is 5. The van der Waals surface area contributed by atoms with Gasteiger partial charge < -0.3 is 36.4 Å². The Labute approximate surface area is 377 Å². The van der Waals surface area contributed by atoms with Crippen molar-refractivity contribution in [2.75, 3.05) is 27.2 Å². The Morgan fingerprint density at radius 1 is 0.656 bits per heavy atom. The number of halogens is 2. The van der Waals surface area contributed by atoms with Gasteiger partial charge in [0.2, 0.25) is 29.5 Å². The number of ketones is 1. The molecule has 0 saturated carbocycles. The molecule has 2 aliphatic heterocycles. The number of alkyl halides is 2. The summed E-state index contributed by atoms with van der Waals surface area (Å²) in [5.74, 6) is -2.35. The van der Waals surface area contributed by atoms with Crippen molar-refractivity contribution in [1.29, 1.82) is 0 Å². The van der Waals surface area contributed by atoms with Gasteiger partial charge in [0.1, 0.15) is 30.5 Å². The van der Waals surface area contributed by atoms with E-state index in [9.17, 15) is 28.8 Å². The number of benzene rings is 2. The summed E-state index contributed by atoms with van der Waals surface area (Å²) in [5, 5.41) is 14.6. The number of nitrogens with one attached hydrogen (secondary N) is 5. The summed E-state index contributed by atoms with van der Waals surface area (Å²) < 4.78 is 30.2. The fraction of sp³-hybridized carbons (Fsp3) is 0.633. The largest absolute Gasteiger partial charge is 0.347 e. The fourth-order valence-electron chi connectivity index (χ4n) is 10.0. The second-order valence-corrected chi connectivity index (χ2v) is 18.4. The SMILES string of the molecule is CN[C@@H](C)C(=O)N[C@@H](CCCCCC[C@H](NC(=O)[C@H](C)NC)C(=O)N1C[C@@H](F)C[C@H]1C(=O)N[C@@H]1CCCc2ccccc21)C(=O)N1C[C@@H](F)C[C@H]1C(=O)C[C@@H]1CCCc2ccccc21. The first-order valence-electron chi connectivity index (χ1n) is 23.6. The van der Waals surface area contributed by atoms with Gasteiger partial charge >= 0.3 is 0 Å². The molecule has 5 N–H and O–H groups in total. The van der Waals surface area contributed by atoms with Crippen LogP contribution in [-0.4, -0.2) is 121 Å². The van der Waals surface area contributed by atoms with E-state index >= 15 is 8.78 Å². The number of carbonyl (C=O) groups is 6. The fourth-order valence-corrected chi connectivity index (χ4v) is 10.0. The van der Waals surface area contributed by atoms with E-state index in [2.05, 4.69) is 38.7 Å². The molecule has 0 radical (unpaired) electrons. The molecule has 15 heteroatoms. The predicted molar refractivity (Wildman–Crippen MR) is 241 cm³/mol. The first-order valence-corrected chi connectivity index (χ1v) is 23.6. The van der Waals surface area contributed by atoms with Crippen LogP contribution in [0, 0.1) is 0 Å². The van der Waals surface area contributed by atoms with Gasteiger partial charge in [-0.1, -0.05) is 74.2 Å².